The van der Waals surface area contributed by atoms with Gasteiger partial charge in [-0.25, -0.2) is 0 Å². The molecule has 1 aromatic rings. The summed E-state index contributed by atoms with van der Waals surface area (Å²) >= 11 is 0. The van der Waals surface area contributed by atoms with Crippen molar-refractivity contribution in [2.75, 3.05) is 6.54 Å². The molecular weight excluding hydrogens is 252 g/mol. The van der Waals surface area contributed by atoms with Gasteiger partial charge < -0.3 is 10.6 Å². The molecule has 0 aliphatic heterocycles. The second kappa shape index (κ2) is 6.89. The summed E-state index contributed by atoms with van der Waals surface area (Å²) in [4.78, 5) is 23.5. The second-order valence-electron chi connectivity index (χ2n) is 4.96. The van der Waals surface area contributed by atoms with E-state index < -0.39 is 0 Å². The minimum absolute atomic E-state index is 0.0431. The van der Waals surface area contributed by atoms with Crippen molar-refractivity contribution in [1.29, 1.82) is 0 Å². The predicted octanol–water partition coefficient (Wildman–Crippen LogP) is 1.87. The quantitative estimate of drug-likeness (QED) is 0.777. The molecule has 0 unspecified atom stereocenters. The first-order valence-electron chi connectivity index (χ1n) is 7.02. The van der Waals surface area contributed by atoms with Gasteiger partial charge in [-0.05, 0) is 30.9 Å². The smallest absolute Gasteiger partial charge is 0.247 e. The first kappa shape index (κ1) is 14.3. The van der Waals surface area contributed by atoms with Gasteiger partial charge in [-0.3, -0.25) is 9.59 Å². The van der Waals surface area contributed by atoms with Gasteiger partial charge in [0.1, 0.15) is 0 Å². The number of amides is 2. The van der Waals surface area contributed by atoms with Crippen LogP contribution in [-0.2, 0) is 9.59 Å². The number of carbonyl (C=O) groups is 2. The molecule has 0 spiro atoms. The Hall–Kier alpha value is -2.10. The van der Waals surface area contributed by atoms with E-state index in [0.29, 0.717) is 18.0 Å². The van der Waals surface area contributed by atoms with Crippen molar-refractivity contribution in [1.82, 2.24) is 10.6 Å². The number of nitrogens with one attached hydrogen (secondary N) is 2. The van der Waals surface area contributed by atoms with E-state index in [9.17, 15) is 9.59 Å². The molecule has 106 valence electrons. The summed E-state index contributed by atoms with van der Waals surface area (Å²) in [5.41, 5.74) is 1.66. The maximum Gasteiger partial charge on any atom is 0.247 e. The van der Waals surface area contributed by atoms with E-state index in [4.69, 9.17) is 0 Å². The van der Waals surface area contributed by atoms with Crippen LogP contribution in [0, 0.1) is 0 Å². The fourth-order valence-electron chi connectivity index (χ4n) is 1.86. The third kappa shape index (κ3) is 4.53. The second-order valence-corrected chi connectivity index (χ2v) is 4.96. The number of carbonyl (C=O) groups excluding carboxylic acids is 2. The van der Waals surface area contributed by atoms with Crippen LogP contribution in [0.3, 0.4) is 0 Å². The van der Waals surface area contributed by atoms with Crippen LogP contribution in [0.25, 0.3) is 6.08 Å². The Morgan fingerprint density at radius 3 is 2.55 bits per heavy atom. The van der Waals surface area contributed by atoms with Gasteiger partial charge in [-0.15, -0.1) is 0 Å². The summed E-state index contributed by atoms with van der Waals surface area (Å²) < 4.78 is 0. The van der Waals surface area contributed by atoms with Gasteiger partial charge >= 0.3 is 0 Å². The highest BCUT2D eigenvalue weighted by Crippen LogP contribution is 2.18. The average molecular weight is 272 g/mol. The normalized spacial score (nSPS) is 14.8. The van der Waals surface area contributed by atoms with Gasteiger partial charge in [0.05, 0.1) is 6.54 Å². The highest BCUT2D eigenvalue weighted by molar-refractivity contribution is 5.99. The first-order chi connectivity index (χ1) is 9.69. The number of hydrogen-bond acceptors (Lipinski definition) is 2. The molecule has 4 nitrogen and oxygen atoms in total. The summed E-state index contributed by atoms with van der Waals surface area (Å²) in [6, 6.07) is 10.0. The molecule has 20 heavy (non-hydrogen) atoms. The van der Waals surface area contributed by atoms with Crippen molar-refractivity contribution in [2.24, 2.45) is 0 Å². The van der Waals surface area contributed by atoms with Crippen molar-refractivity contribution >= 4 is 17.9 Å². The van der Waals surface area contributed by atoms with Crippen LogP contribution in [0.15, 0.2) is 35.9 Å². The first-order valence-corrected chi connectivity index (χ1v) is 7.02. The van der Waals surface area contributed by atoms with E-state index >= 15 is 0 Å². The SMILES string of the molecule is CC/C(=C\c1ccccc1)C(=O)NCC(=O)NC1CC1. The molecule has 0 heterocycles. The van der Waals surface area contributed by atoms with Crippen molar-refractivity contribution in [3.8, 4) is 0 Å². The maximum atomic E-state index is 12.0. The number of benzene rings is 1. The van der Waals surface area contributed by atoms with Crippen LogP contribution >= 0.6 is 0 Å². The van der Waals surface area contributed by atoms with E-state index in [-0.39, 0.29) is 18.4 Å². The summed E-state index contributed by atoms with van der Waals surface area (Å²) in [5.74, 6) is -0.293. The zero-order chi connectivity index (χ0) is 14.4. The van der Waals surface area contributed by atoms with Gasteiger partial charge in [0.15, 0.2) is 0 Å². The molecular formula is C16H20N2O2. The Morgan fingerprint density at radius 1 is 1.25 bits per heavy atom. The van der Waals surface area contributed by atoms with Crippen molar-refractivity contribution in [3.63, 3.8) is 0 Å². The summed E-state index contributed by atoms with van der Waals surface area (Å²) in [6.45, 7) is 1.97. The lowest BCUT2D eigenvalue weighted by Gasteiger charge is -2.08. The van der Waals surface area contributed by atoms with E-state index in [2.05, 4.69) is 10.6 Å². The maximum absolute atomic E-state index is 12.0. The highest BCUT2D eigenvalue weighted by Gasteiger charge is 2.23. The monoisotopic (exact) mass is 272 g/mol. The van der Waals surface area contributed by atoms with Crippen LogP contribution in [-0.4, -0.2) is 24.4 Å². The van der Waals surface area contributed by atoms with Gasteiger partial charge in [-0.2, -0.15) is 0 Å². The Morgan fingerprint density at radius 2 is 1.95 bits per heavy atom. The number of hydrogen-bond donors (Lipinski definition) is 2. The minimum Gasteiger partial charge on any atom is -0.352 e. The fraction of sp³-hybridized carbons (Fsp3) is 0.375. The molecule has 0 bridgehead atoms. The molecule has 2 N–H and O–H groups in total. The Bertz CT molecular complexity index is 504. The zero-order valence-electron chi connectivity index (χ0n) is 11.7. The summed E-state index contributed by atoms with van der Waals surface area (Å²) in [6.07, 6.45) is 4.58. The molecule has 0 radical (unpaired) electrons. The largest absolute Gasteiger partial charge is 0.352 e. The lowest BCUT2D eigenvalue weighted by Crippen LogP contribution is -2.38. The minimum atomic E-state index is -0.178. The third-order valence-corrected chi connectivity index (χ3v) is 3.16. The van der Waals surface area contributed by atoms with E-state index in [1.165, 1.54) is 0 Å². The van der Waals surface area contributed by atoms with E-state index in [1.807, 2.05) is 43.3 Å². The molecule has 4 heteroatoms. The average Bonchev–Trinajstić information content (AvgIpc) is 3.27. The fourth-order valence-corrected chi connectivity index (χ4v) is 1.86. The summed E-state index contributed by atoms with van der Waals surface area (Å²) in [7, 11) is 0. The molecule has 0 atom stereocenters. The summed E-state index contributed by atoms with van der Waals surface area (Å²) in [5, 5.41) is 5.51. The van der Waals surface area contributed by atoms with Crippen LogP contribution in [0.4, 0.5) is 0 Å². The standard InChI is InChI=1S/C16H20N2O2/c1-2-13(10-12-6-4-3-5-7-12)16(20)17-11-15(19)18-14-8-9-14/h3-7,10,14H,2,8-9,11H2,1H3,(H,17,20)(H,18,19)/b13-10+. The molecule has 2 amide bonds. The van der Waals surface area contributed by atoms with Crippen LogP contribution < -0.4 is 10.6 Å². The molecule has 1 aromatic carbocycles. The molecule has 1 saturated carbocycles. The highest BCUT2D eigenvalue weighted by atomic mass is 16.2. The Kier molecular flexibility index (Phi) is 4.93. The Labute approximate surface area is 119 Å². The van der Waals surface area contributed by atoms with Crippen molar-refractivity contribution < 1.29 is 9.59 Å². The molecule has 1 aliphatic carbocycles. The predicted molar refractivity (Wildman–Crippen MR) is 78.9 cm³/mol. The zero-order valence-corrected chi connectivity index (χ0v) is 11.7. The lowest BCUT2D eigenvalue weighted by molar-refractivity contribution is -0.124. The topological polar surface area (TPSA) is 58.2 Å². The van der Waals surface area contributed by atoms with Crippen molar-refractivity contribution in [3.05, 3.63) is 41.5 Å². The van der Waals surface area contributed by atoms with Crippen molar-refractivity contribution in [2.45, 2.75) is 32.2 Å². The van der Waals surface area contributed by atoms with Crippen LogP contribution in [0.2, 0.25) is 0 Å². The molecule has 1 aliphatic rings. The molecule has 2 rings (SSSR count). The van der Waals surface area contributed by atoms with Crippen LogP contribution in [0.5, 0.6) is 0 Å². The van der Waals surface area contributed by atoms with E-state index in [0.717, 1.165) is 18.4 Å². The van der Waals surface area contributed by atoms with Crippen LogP contribution in [0.1, 0.15) is 31.7 Å². The molecule has 0 saturated heterocycles. The van der Waals surface area contributed by atoms with Gasteiger partial charge in [0, 0.05) is 11.6 Å². The Balaban J connectivity index is 1.88. The third-order valence-electron chi connectivity index (χ3n) is 3.16. The molecule has 1 fully saturated rings. The van der Waals surface area contributed by atoms with E-state index in [1.54, 1.807) is 0 Å². The van der Waals surface area contributed by atoms with Gasteiger partial charge in [-0.1, -0.05) is 37.3 Å². The van der Waals surface area contributed by atoms with Gasteiger partial charge in [0.25, 0.3) is 0 Å². The number of rotatable bonds is 6. The van der Waals surface area contributed by atoms with Gasteiger partial charge in [0.2, 0.25) is 11.8 Å². The lowest BCUT2D eigenvalue weighted by atomic mass is 10.1. The molecule has 0 aromatic heterocycles.